The molecule has 2 aromatic carbocycles. The second-order valence-corrected chi connectivity index (χ2v) is 10.8. The molecule has 0 saturated carbocycles. The monoisotopic (exact) mass is 462 g/mol. The molecule has 7 heteroatoms. The van der Waals surface area contributed by atoms with Crippen LogP contribution in [-0.4, -0.2) is 38.4 Å². The minimum Gasteiger partial charge on any atom is -0.341 e. The summed E-state index contributed by atoms with van der Waals surface area (Å²) in [6.07, 6.45) is 2.73. The molecule has 168 valence electrons. The highest BCUT2D eigenvalue weighted by Crippen LogP contribution is 2.22. The average Bonchev–Trinajstić information content (AvgIpc) is 2.71. The number of hydrogen-bond acceptors (Lipinski definition) is 3. The smallest absolute Gasteiger partial charge is 0.241 e. The quantitative estimate of drug-likeness (QED) is 0.659. The molecule has 2 aromatic rings. The molecule has 1 atom stereocenters. The molecule has 1 fully saturated rings. The Hall–Kier alpha value is -1.89. The standard InChI is InChI=1S/C24H31ClN2O3S/c1-17-10-12-27(13-11-17)24(28)23(9-8-20-6-4-5-7-22(20)25)26-31(29,30)21-15-18(2)14-19(3)16-21/h4-7,14-17,23,26H,8-13H2,1-3H3. The van der Waals surface area contributed by atoms with Gasteiger partial charge in [-0.25, -0.2) is 8.42 Å². The molecule has 5 nitrogen and oxygen atoms in total. The molecular weight excluding hydrogens is 432 g/mol. The van der Waals surface area contributed by atoms with Gasteiger partial charge in [0, 0.05) is 18.1 Å². The second-order valence-electron chi connectivity index (χ2n) is 8.64. The van der Waals surface area contributed by atoms with Crippen LogP contribution in [0.5, 0.6) is 0 Å². The summed E-state index contributed by atoms with van der Waals surface area (Å²) in [7, 11) is -3.84. The van der Waals surface area contributed by atoms with E-state index < -0.39 is 16.1 Å². The maximum absolute atomic E-state index is 13.3. The fraction of sp³-hybridized carbons (Fsp3) is 0.458. The van der Waals surface area contributed by atoms with Crippen LogP contribution >= 0.6 is 11.6 Å². The number of hydrogen-bond donors (Lipinski definition) is 1. The fourth-order valence-corrected chi connectivity index (χ4v) is 5.67. The van der Waals surface area contributed by atoms with Crippen LogP contribution in [-0.2, 0) is 21.2 Å². The number of halogens is 1. The van der Waals surface area contributed by atoms with Crippen LogP contribution in [0.25, 0.3) is 0 Å². The molecule has 0 spiro atoms. The molecule has 1 N–H and O–H groups in total. The van der Waals surface area contributed by atoms with Gasteiger partial charge < -0.3 is 4.90 Å². The number of aryl methyl sites for hydroxylation is 3. The van der Waals surface area contributed by atoms with Crippen molar-refractivity contribution in [2.24, 2.45) is 5.92 Å². The zero-order chi connectivity index (χ0) is 22.6. The lowest BCUT2D eigenvalue weighted by atomic mass is 9.98. The van der Waals surface area contributed by atoms with E-state index in [9.17, 15) is 13.2 Å². The Bertz CT molecular complexity index is 1010. The first-order chi connectivity index (χ1) is 14.7. The van der Waals surface area contributed by atoms with Crippen LogP contribution in [0.4, 0.5) is 0 Å². The van der Waals surface area contributed by atoms with Crippen molar-refractivity contribution in [3.8, 4) is 0 Å². The molecule has 1 saturated heterocycles. The Morgan fingerprint density at radius 3 is 2.35 bits per heavy atom. The van der Waals surface area contributed by atoms with Crippen LogP contribution < -0.4 is 4.72 Å². The molecule has 1 heterocycles. The topological polar surface area (TPSA) is 66.5 Å². The number of likely N-dealkylation sites (tertiary alicyclic amines) is 1. The largest absolute Gasteiger partial charge is 0.341 e. The molecule has 3 rings (SSSR count). The third kappa shape index (κ3) is 6.31. The SMILES string of the molecule is Cc1cc(C)cc(S(=O)(=O)NC(CCc2ccccc2Cl)C(=O)N2CCC(C)CC2)c1. The first-order valence-corrected chi connectivity index (χ1v) is 12.6. The van der Waals surface area contributed by atoms with E-state index in [-0.39, 0.29) is 10.8 Å². The number of amides is 1. The van der Waals surface area contributed by atoms with Crippen LogP contribution in [0, 0.1) is 19.8 Å². The number of carbonyl (C=O) groups is 1. The van der Waals surface area contributed by atoms with Crippen molar-refractivity contribution in [1.29, 1.82) is 0 Å². The number of nitrogens with zero attached hydrogens (tertiary/aromatic N) is 1. The summed E-state index contributed by atoms with van der Waals surface area (Å²) in [5.74, 6) is 0.421. The molecule has 0 bridgehead atoms. The van der Waals surface area contributed by atoms with Gasteiger partial charge in [-0.15, -0.1) is 0 Å². The van der Waals surface area contributed by atoms with Gasteiger partial charge in [-0.05, 0) is 80.3 Å². The lowest BCUT2D eigenvalue weighted by Gasteiger charge is -2.33. The lowest BCUT2D eigenvalue weighted by Crippen LogP contribution is -2.50. The highest BCUT2D eigenvalue weighted by Gasteiger charge is 2.31. The summed E-state index contributed by atoms with van der Waals surface area (Å²) in [4.78, 5) is 15.3. The van der Waals surface area contributed by atoms with Crippen LogP contribution in [0.3, 0.4) is 0 Å². The Labute approximate surface area is 190 Å². The minimum atomic E-state index is -3.84. The number of sulfonamides is 1. The number of rotatable bonds is 7. The summed E-state index contributed by atoms with van der Waals surface area (Å²) < 4.78 is 29.0. The highest BCUT2D eigenvalue weighted by atomic mass is 35.5. The normalized spacial score (nSPS) is 16.3. The molecule has 1 amide bonds. The molecular formula is C24H31ClN2O3S. The third-order valence-corrected chi connectivity index (χ3v) is 7.68. The zero-order valence-corrected chi connectivity index (χ0v) is 20.0. The summed E-state index contributed by atoms with van der Waals surface area (Å²) in [5, 5.41) is 0.623. The Morgan fingerprint density at radius 1 is 1.13 bits per heavy atom. The highest BCUT2D eigenvalue weighted by molar-refractivity contribution is 7.89. The van der Waals surface area contributed by atoms with E-state index in [0.29, 0.717) is 36.9 Å². The first kappa shape index (κ1) is 23.8. The Morgan fingerprint density at radius 2 is 1.74 bits per heavy atom. The van der Waals surface area contributed by atoms with Crippen LogP contribution in [0.1, 0.15) is 42.9 Å². The summed E-state index contributed by atoms with van der Waals surface area (Å²) in [6.45, 7) is 7.23. The van der Waals surface area contributed by atoms with E-state index in [2.05, 4.69) is 11.6 Å². The molecule has 1 aliphatic heterocycles. The summed E-state index contributed by atoms with van der Waals surface area (Å²) >= 11 is 6.28. The molecule has 31 heavy (non-hydrogen) atoms. The van der Waals surface area contributed by atoms with Crippen molar-refractivity contribution in [2.45, 2.75) is 57.4 Å². The van der Waals surface area contributed by atoms with Gasteiger partial charge >= 0.3 is 0 Å². The fourth-order valence-electron chi connectivity index (χ4n) is 4.03. The number of nitrogens with one attached hydrogen (secondary N) is 1. The maximum Gasteiger partial charge on any atom is 0.241 e. The molecule has 0 aromatic heterocycles. The van der Waals surface area contributed by atoms with E-state index in [1.807, 2.05) is 38.1 Å². The maximum atomic E-state index is 13.3. The summed E-state index contributed by atoms with van der Waals surface area (Å²) in [5.41, 5.74) is 2.63. The van der Waals surface area contributed by atoms with E-state index in [4.69, 9.17) is 11.6 Å². The predicted octanol–water partition coefficient (Wildman–Crippen LogP) is 4.50. The zero-order valence-electron chi connectivity index (χ0n) is 18.4. The van der Waals surface area contributed by atoms with Gasteiger partial charge in [0.25, 0.3) is 0 Å². The molecule has 0 aliphatic carbocycles. The van der Waals surface area contributed by atoms with Gasteiger partial charge in [0.2, 0.25) is 15.9 Å². The van der Waals surface area contributed by atoms with Gasteiger partial charge in [0.05, 0.1) is 4.90 Å². The average molecular weight is 463 g/mol. The number of carbonyl (C=O) groups excluding carboxylic acids is 1. The van der Waals surface area contributed by atoms with Crippen molar-refractivity contribution in [2.75, 3.05) is 13.1 Å². The van der Waals surface area contributed by atoms with Crippen LogP contribution in [0.15, 0.2) is 47.4 Å². The van der Waals surface area contributed by atoms with Crippen molar-refractivity contribution in [3.05, 3.63) is 64.2 Å². The van der Waals surface area contributed by atoms with Crippen molar-refractivity contribution in [1.82, 2.24) is 9.62 Å². The van der Waals surface area contributed by atoms with Crippen molar-refractivity contribution in [3.63, 3.8) is 0 Å². The van der Waals surface area contributed by atoms with E-state index in [1.54, 1.807) is 23.1 Å². The Kier molecular flexibility index (Phi) is 7.78. The minimum absolute atomic E-state index is 0.160. The predicted molar refractivity (Wildman–Crippen MR) is 125 cm³/mol. The molecule has 0 radical (unpaired) electrons. The van der Waals surface area contributed by atoms with Gasteiger partial charge in [-0.2, -0.15) is 4.72 Å². The van der Waals surface area contributed by atoms with E-state index >= 15 is 0 Å². The lowest BCUT2D eigenvalue weighted by molar-refractivity contribution is -0.134. The molecule has 1 unspecified atom stereocenters. The van der Waals surface area contributed by atoms with Crippen LogP contribution in [0.2, 0.25) is 5.02 Å². The van der Waals surface area contributed by atoms with Gasteiger partial charge in [0.15, 0.2) is 0 Å². The van der Waals surface area contributed by atoms with Gasteiger partial charge in [-0.3, -0.25) is 4.79 Å². The number of benzene rings is 2. The van der Waals surface area contributed by atoms with Gasteiger partial charge in [-0.1, -0.05) is 42.8 Å². The van der Waals surface area contributed by atoms with Gasteiger partial charge in [0.1, 0.15) is 6.04 Å². The van der Waals surface area contributed by atoms with E-state index in [1.165, 1.54) is 0 Å². The van der Waals surface area contributed by atoms with E-state index in [0.717, 1.165) is 29.5 Å². The second kappa shape index (κ2) is 10.2. The van der Waals surface area contributed by atoms with Crippen molar-refractivity contribution < 1.29 is 13.2 Å². The molecule has 1 aliphatic rings. The Balaban J connectivity index is 1.83. The van der Waals surface area contributed by atoms with Crippen molar-refractivity contribution >= 4 is 27.5 Å². The third-order valence-electron chi connectivity index (χ3n) is 5.86. The first-order valence-electron chi connectivity index (χ1n) is 10.8. The number of piperidine rings is 1. The summed E-state index contributed by atoms with van der Waals surface area (Å²) in [6, 6.07) is 11.8.